The molecule has 3 N–H and O–H groups in total. The first-order valence-corrected chi connectivity index (χ1v) is 9.04. The number of anilines is 1. The number of aliphatic hydroxyl groups excluding tert-OH is 1. The van der Waals surface area contributed by atoms with E-state index in [1.165, 1.54) is 6.33 Å². The monoisotopic (exact) mass is 379 g/mol. The van der Waals surface area contributed by atoms with Gasteiger partial charge in [0, 0.05) is 0 Å². The molecule has 0 aliphatic carbocycles. The quantitative estimate of drug-likeness (QED) is 0.824. The second kappa shape index (κ2) is 6.97. The Hall–Kier alpha value is -1.81. The average Bonchev–Trinajstić information content (AvgIpc) is 3.07. The molecule has 0 bridgehead atoms. The molecule has 27 heavy (non-hydrogen) atoms. The molecule has 3 rings (SSSR count). The van der Waals surface area contributed by atoms with Crippen molar-refractivity contribution in [2.24, 2.45) is 0 Å². The van der Waals surface area contributed by atoms with Gasteiger partial charge in [-0.1, -0.05) is 0 Å². The Morgan fingerprint density at radius 3 is 2.48 bits per heavy atom. The van der Waals surface area contributed by atoms with Crippen molar-refractivity contribution in [3.05, 3.63) is 12.7 Å². The second-order valence-corrected chi connectivity index (χ2v) is 8.76. The van der Waals surface area contributed by atoms with Gasteiger partial charge in [-0.15, -0.1) is 0 Å². The molecular formula is C18H29N5O4. The molecule has 2 aromatic heterocycles. The first kappa shape index (κ1) is 19.9. The zero-order valence-electron chi connectivity index (χ0n) is 16.7. The number of nitrogens with zero attached hydrogens (tertiary/aromatic N) is 4. The highest BCUT2D eigenvalue weighted by Crippen LogP contribution is 2.36. The predicted molar refractivity (Wildman–Crippen MR) is 100.0 cm³/mol. The number of nitrogen functional groups attached to an aromatic ring is 1. The van der Waals surface area contributed by atoms with Gasteiger partial charge < -0.3 is 25.1 Å². The van der Waals surface area contributed by atoms with E-state index in [0.29, 0.717) is 17.8 Å². The van der Waals surface area contributed by atoms with Gasteiger partial charge in [-0.25, -0.2) is 15.0 Å². The van der Waals surface area contributed by atoms with Crippen LogP contribution in [0, 0.1) is 0 Å². The SMILES string of the molecule is CC(C)(C)OC[C@H]1O[C@@H](n2cnc3c(N)ncnc32)[C@@H](O)C1OC(C)(C)C. The minimum absolute atomic E-state index is 0.279. The standard InChI is InChI=1S/C18H29N5O4/c1-17(2,3)25-7-10-13(27-18(4,5)6)12(24)16(26-10)23-9-22-11-14(19)20-8-21-15(11)23/h8-10,12-13,16,24H,7H2,1-6H3,(H2,19,20,21)/t10-,12+,13?,16-/m1/s1. The summed E-state index contributed by atoms with van der Waals surface area (Å²) >= 11 is 0. The van der Waals surface area contributed by atoms with Gasteiger partial charge in [-0.2, -0.15) is 0 Å². The number of ether oxygens (including phenoxy) is 3. The maximum Gasteiger partial charge on any atom is 0.167 e. The summed E-state index contributed by atoms with van der Waals surface area (Å²) in [5, 5.41) is 11.0. The minimum Gasteiger partial charge on any atom is -0.386 e. The van der Waals surface area contributed by atoms with Crippen LogP contribution in [0.4, 0.5) is 5.82 Å². The molecule has 2 aromatic rings. The molecule has 0 spiro atoms. The fourth-order valence-electron chi connectivity index (χ4n) is 3.03. The van der Waals surface area contributed by atoms with E-state index in [1.807, 2.05) is 41.5 Å². The fraction of sp³-hybridized carbons (Fsp3) is 0.722. The van der Waals surface area contributed by atoms with Crippen LogP contribution in [0.15, 0.2) is 12.7 Å². The van der Waals surface area contributed by atoms with Gasteiger partial charge in [0.2, 0.25) is 0 Å². The van der Waals surface area contributed by atoms with E-state index < -0.39 is 30.1 Å². The average molecular weight is 379 g/mol. The zero-order valence-corrected chi connectivity index (χ0v) is 16.7. The van der Waals surface area contributed by atoms with E-state index in [9.17, 15) is 5.11 Å². The number of rotatable bonds is 4. The Bertz CT molecular complexity index is 795. The zero-order chi connectivity index (χ0) is 20.0. The molecule has 1 fully saturated rings. The summed E-state index contributed by atoms with van der Waals surface area (Å²) < 4.78 is 19.8. The summed E-state index contributed by atoms with van der Waals surface area (Å²) in [6.45, 7) is 12.0. The lowest BCUT2D eigenvalue weighted by atomic mass is 10.1. The normalized spacial score (nSPS) is 26.8. The molecule has 1 unspecified atom stereocenters. The third kappa shape index (κ3) is 4.37. The smallest absolute Gasteiger partial charge is 0.167 e. The van der Waals surface area contributed by atoms with E-state index in [4.69, 9.17) is 19.9 Å². The number of imidazole rings is 1. The summed E-state index contributed by atoms with van der Waals surface area (Å²) in [6, 6.07) is 0. The highest BCUT2D eigenvalue weighted by Gasteiger charge is 2.48. The lowest BCUT2D eigenvalue weighted by molar-refractivity contribution is -0.138. The van der Waals surface area contributed by atoms with Crippen molar-refractivity contribution in [2.75, 3.05) is 12.3 Å². The molecule has 1 saturated heterocycles. The first-order valence-electron chi connectivity index (χ1n) is 9.04. The van der Waals surface area contributed by atoms with E-state index in [2.05, 4.69) is 15.0 Å². The van der Waals surface area contributed by atoms with Crippen LogP contribution >= 0.6 is 0 Å². The molecule has 4 atom stereocenters. The molecule has 150 valence electrons. The number of fused-ring (bicyclic) bond motifs is 1. The molecule has 3 heterocycles. The predicted octanol–water partition coefficient (Wildman–Crippen LogP) is 1.67. The molecule has 9 nitrogen and oxygen atoms in total. The van der Waals surface area contributed by atoms with Crippen molar-refractivity contribution in [3.8, 4) is 0 Å². The largest absolute Gasteiger partial charge is 0.386 e. The fourth-order valence-corrected chi connectivity index (χ4v) is 3.03. The van der Waals surface area contributed by atoms with Crippen LogP contribution in [-0.2, 0) is 14.2 Å². The van der Waals surface area contributed by atoms with Crippen molar-refractivity contribution in [3.63, 3.8) is 0 Å². The molecule has 0 amide bonds. The molecule has 9 heteroatoms. The number of aromatic nitrogens is 4. The second-order valence-electron chi connectivity index (χ2n) is 8.76. The number of hydrogen-bond acceptors (Lipinski definition) is 8. The first-order chi connectivity index (χ1) is 12.5. The van der Waals surface area contributed by atoms with E-state index >= 15 is 0 Å². The van der Waals surface area contributed by atoms with E-state index in [-0.39, 0.29) is 11.4 Å². The van der Waals surface area contributed by atoms with Crippen LogP contribution in [0.25, 0.3) is 11.2 Å². The lowest BCUT2D eigenvalue weighted by Crippen LogP contribution is -2.42. The van der Waals surface area contributed by atoms with Crippen molar-refractivity contribution in [2.45, 2.75) is 77.3 Å². The van der Waals surface area contributed by atoms with Crippen LogP contribution in [0.1, 0.15) is 47.8 Å². The topological polar surface area (TPSA) is 118 Å². The Labute approximate surface area is 158 Å². The Morgan fingerprint density at radius 2 is 1.85 bits per heavy atom. The number of aliphatic hydroxyl groups is 1. The van der Waals surface area contributed by atoms with Crippen molar-refractivity contribution in [1.29, 1.82) is 0 Å². The van der Waals surface area contributed by atoms with Crippen LogP contribution in [0.3, 0.4) is 0 Å². The van der Waals surface area contributed by atoms with Crippen LogP contribution < -0.4 is 5.73 Å². The van der Waals surface area contributed by atoms with Crippen molar-refractivity contribution < 1.29 is 19.3 Å². The highest BCUT2D eigenvalue weighted by atomic mass is 16.6. The molecule has 0 aromatic carbocycles. The molecule has 1 aliphatic rings. The molecule has 0 radical (unpaired) electrons. The maximum absolute atomic E-state index is 11.0. The van der Waals surface area contributed by atoms with Crippen LogP contribution in [-0.4, -0.2) is 60.7 Å². The Balaban J connectivity index is 1.90. The molecule has 1 aliphatic heterocycles. The Morgan fingerprint density at radius 1 is 1.15 bits per heavy atom. The summed E-state index contributed by atoms with van der Waals surface area (Å²) in [5.41, 5.74) is 6.05. The third-order valence-corrected chi connectivity index (χ3v) is 4.14. The van der Waals surface area contributed by atoms with Gasteiger partial charge in [-0.05, 0) is 41.5 Å². The van der Waals surface area contributed by atoms with Crippen molar-refractivity contribution in [1.82, 2.24) is 19.5 Å². The van der Waals surface area contributed by atoms with Crippen LogP contribution in [0.5, 0.6) is 0 Å². The van der Waals surface area contributed by atoms with E-state index in [1.54, 1.807) is 10.9 Å². The van der Waals surface area contributed by atoms with E-state index in [0.717, 1.165) is 0 Å². The summed E-state index contributed by atoms with van der Waals surface area (Å²) in [5.74, 6) is 0.279. The Kier molecular flexibility index (Phi) is 5.15. The third-order valence-electron chi connectivity index (χ3n) is 4.14. The van der Waals surface area contributed by atoms with Gasteiger partial charge in [-0.3, -0.25) is 4.57 Å². The lowest BCUT2D eigenvalue weighted by Gasteiger charge is -2.30. The minimum atomic E-state index is -0.925. The summed E-state index contributed by atoms with van der Waals surface area (Å²) in [6.07, 6.45) is 0.260. The maximum atomic E-state index is 11.0. The van der Waals surface area contributed by atoms with Crippen LogP contribution in [0.2, 0.25) is 0 Å². The summed E-state index contributed by atoms with van der Waals surface area (Å²) in [4.78, 5) is 12.4. The van der Waals surface area contributed by atoms with Gasteiger partial charge in [0.05, 0.1) is 24.1 Å². The van der Waals surface area contributed by atoms with Crippen molar-refractivity contribution >= 4 is 17.0 Å². The highest BCUT2D eigenvalue weighted by molar-refractivity contribution is 5.81. The van der Waals surface area contributed by atoms with Gasteiger partial charge in [0.15, 0.2) is 17.7 Å². The summed E-state index contributed by atoms with van der Waals surface area (Å²) in [7, 11) is 0. The molecular weight excluding hydrogens is 350 g/mol. The molecule has 0 saturated carbocycles. The van der Waals surface area contributed by atoms with Gasteiger partial charge >= 0.3 is 0 Å². The van der Waals surface area contributed by atoms with Gasteiger partial charge in [0.25, 0.3) is 0 Å². The number of nitrogens with two attached hydrogens (primary N) is 1. The van der Waals surface area contributed by atoms with Gasteiger partial charge in [0.1, 0.15) is 30.2 Å². The number of hydrogen-bond donors (Lipinski definition) is 2.